The second-order valence-corrected chi connectivity index (χ2v) is 4.44. The van der Waals surface area contributed by atoms with Crippen LogP contribution in [0.5, 0.6) is 0 Å². The van der Waals surface area contributed by atoms with Gasteiger partial charge >= 0.3 is 0 Å². The monoisotopic (exact) mass is 272 g/mol. The normalized spacial score (nSPS) is 12.9. The summed E-state index contributed by atoms with van der Waals surface area (Å²) in [5.41, 5.74) is 2.13. The van der Waals surface area contributed by atoms with E-state index in [2.05, 4.69) is 20.8 Å². The molecule has 0 radical (unpaired) electrons. The van der Waals surface area contributed by atoms with Gasteiger partial charge < -0.3 is 15.2 Å². The minimum Gasteiger partial charge on any atom is -0.352 e. The fourth-order valence-electron chi connectivity index (χ4n) is 2.05. The van der Waals surface area contributed by atoms with Gasteiger partial charge in [-0.15, -0.1) is 0 Å². The molecule has 0 saturated heterocycles. The molecule has 0 aliphatic carbocycles. The van der Waals surface area contributed by atoms with E-state index < -0.39 is 0 Å². The molecule has 3 rings (SSSR count). The van der Waals surface area contributed by atoms with Crippen LogP contribution in [-0.4, -0.2) is 28.5 Å². The third kappa shape index (κ3) is 2.51. The first-order valence-corrected chi connectivity index (χ1v) is 6.19. The molecule has 2 heterocycles. The largest absolute Gasteiger partial charge is 0.352 e. The lowest BCUT2D eigenvalue weighted by molar-refractivity contribution is -0.115. The molecule has 0 atom stereocenters. The second kappa shape index (κ2) is 5.12. The van der Waals surface area contributed by atoms with Crippen molar-refractivity contribution >= 4 is 17.5 Å². The Kier molecular flexibility index (Phi) is 3.16. The molecule has 1 aliphatic heterocycles. The van der Waals surface area contributed by atoms with E-state index in [4.69, 9.17) is 4.52 Å². The molecule has 7 heteroatoms. The number of amides is 2. The van der Waals surface area contributed by atoms with E-state index in [0.29, 0.717) is 36.5 Å². The number of hydrogen-bond donors (Lipinski definition) is 2. The number of benzene rings is 1. The first-order valence-electron chi connectivity index (χ1n) is 6.19. The Morgan fingerprint density at radius 3 is 3.15 bits per heavy atom. The summed E-state index contributed by atoms with van der Waals surface area (Å²) in [7, 11) is 0. The number of fused-ring (bicyclic) bond motifs is 1. The quantitative estimate of drug-likeness (QED) is 0.846. The highest BCUT2D eigenvalue weighted by Gasteiger charge is 2.18. The average molecular weight is 272 g/mol. The van der Waals surface area contributed by atoms with E-state index >= 15 is 0 Å². The fourth-order valence-corrected chi connectivity index (χ4v) is 2.05. The summed E-state index contributed by atoms with van der Waals surface area (Å²) in [6.07, 6.45) is 2.17. The summed E-state index contributed by atoms with van der Waals surface area (Å²) in [4.78, 5) is 27.1. The Morgan fingerprint density at radius 1 is 1.45 bits per heavy atom. The van der Waals surface area contributed by atoms with Crippen molar-refractivity contribution in [3.8, 4) is 0 Å². The minimum absolute atomic E-state index is 0.0473. The molecule has 1 aromatic carbocycles. The number of nitrogens with one attached hydrogen (secondary N) is 2. The van der Waals surface area contributed by atoms with Gasteiger partial charge in [0.15, 0.2) is 6.33 Å². The summed E-state index contributed by atoms with van der Waals surface area (Å²) in [6, 6.07) is 5.18. The van der Waals surface area contributed by atoms with Crippen LogP contribution in [0.15, 0.2) is 29.0 Å². The third-order valence-corrected chi connectivity index (χ3v) is 3.03. The van der Waals surface area contributed by atoms with E-state index in [-0.39, 0.29) is 11.8 Å². The molecule has 7 nitrogen and oxygen atoms in total. The predicted octanol–water partition coefficient (Wildman–Crippen LogP) is 0.537. The zero-order chi connectivity index (χ0) is 13.9. The van der Waals surface area contributed by atoms with Crippen molar-refractivity contribution in [3.63, 3.8) is 0 Å². The zero-order valence-electron chi connectivity index (χ0n) is 10.5. The third-order valence-electron chi connectivity index (χ3n) is 3.03. The first-order chi connectivity index (χ1) is 9.72. The maximum absolute atomic E-state index is 12.0. The fraction of sp³-hybridized carbons (Fsp3) is 0.231. The van der Waals surface area contributed by atoms with E-state index in [1.807, 2.05) is 0 Å². The molecule has 2 amide bonds. The molecular formula is C13H12N4O3. The van der Waals surface area contributed by atoms with Crippen molar-refractivity contribution in [1.29, 1.82) is 0 Å². The van der Waals surface area contributed by atoms with Gasteiger partial charge in [0.25, 0.3) is 5.91 Å². The molecule has 0 bridgehead atoms. The highest BCUT2D eigenvalue weighted by atomic mass is 16.5. The summed E-state index contributed by atoms with van der Waals surface area (Å²) >= 11 is 0. The maximum atomic E-state index is 12.0. The number of nitrogens with zero attached hydrogens (tertiary/aromatic N) is 2. The SMILES string of the molecule is O=C1Cc2ccc(C(=O)NCCc3ncno3)cc2N1. The van der Waals surface area contributed by atoms with E-state index in [1.54, 1.807) is 18.2 Å². The summed E-state index contributed by atoms with van der Waals surface area (Å²) in [5, 5.41) is 8.96. The van der Waals surface area contributed by atoms with E-state index in [0.717, 1.165) is 5.56 Å². The Hall–Kier alpha value is -2.70. The van der Waals surface area contributed by atoms with Crippen molar-refractivity contribution in [2.75, 3.05) is 11.9 Å². The van der Waals surface area contributed by atoms with Crippen molar-refractivity contribution in [3.05, 3.63) is 41.5 Å². The molecule has 0 fully saturated rings. The van der Waals surface area contributed by atoms with Gasteiger partial charge in [-0.3, -0.25) is 9.59 Å². The van der Waals surface area contributed by atoms with Crippen LogP contribution >= 0.6 is 0 Å². The van der Waals surface area contributed by atoms with Crippen LogP contribution in [0.1, 0.15) is 21.8 Å². The van der Waals surface area contributed by atoms with Gasteiger partial charge in [-0.2, -0.15) is 4.98 Å². The Morgan fingerprint density at radius 2 is 2.35 bits per heavy atom. The number of carbonyl (C=O) groups excluding carboxylic acids is 2. The number of hydrogen-bond acceptors (Lipinski definition) is 5. The number of anilines is 1. The molecular weight excluding hydrogens is 260 g/mol. The van der Waals surface area contributed by atoms with Crippen LogP contribution in [0.25, 0.3) is 0 Å². The highest BCUT2D eigenvalue weighted by molar-refractivity contribution is 6.02. The van der Waals surface area contributed by atoms with Crippen molar-refractivity contribution < 1.29 is 14.1 Å². The van der Waals surface area contributed by atoms with Crippen LogP contribution in [0.4, 0.5) is 5.69 Å². The Labute approximate surface area is 114 Å². The van der Waals surface area contributed by atoms with Gasteiger partial charge in [0.2, 0.25) is 11.8 Å². The van der Waals surface area contributed by atoms with E-state index in [1.165, 1.54) is 6.33 Å². The summed E-state index contributed by atoms with van der Waals surface area (Å²) < 4.78 is 4.83. The molecule has 20 heavy (non-hydrogen) atoms. The number of rotatable bonds is 4. The Balaban J connectivity index is 1.60. The van der Waals surface area contributed by atoms with Crippen LogP contribution in [-0.2, 0) is 17.6 Å². The van der Waals surface area contributed by atoms with Crippen LogP contribution in [0.2, 0.25) is 0 Å². The number of carbonyl (C=O) groups is 2. The molecule has 2 aromatic rings. The van der Waals surface area contributed by atoms with Crippen molar-refractivity contribution in [1.82, 2.24) is 15.5 Å². The lowest BCUT2D eigenvalue weighted by Gasteiger charge is -2.05. The first kappa shape index (κ1) is 12.3. The van der Waals surface area contributed by atoms with Gasteiger partial charge in [0, 0.05) is 24.2 Å². The smallest absolute Gasteiger partial charge is 0.251 e. The van der Waals surface area contributed by atoms with Gasteiger partial charge in [0.1, 0.15) is 0 Å². The predicted molar refractivity (Wildman–Crippen MR) is 69.1 cm³/mol. The number of aromatic nitrogens is 2. The van der Waals surface area contributed by atoms with Crippen LogP contribution < -0.4 is 10.6 Å². The average Bonchev–Trinajstić information content (AvgIpc) is 3.05. The summed E-state index contributed by atoms with van der Waals surface area (Å²) in [6.45, 7) is 0.407. The maximum Gasteiger partial charge on any atom is 0.251 e. The molecule has 2 N–H and O–H groups in total. The van der Waals surface area contributed by atoms with Crippen molar-refractivity contribution in [2.45, 2.75) is 12.8 Å². The molecule has 0 saturated carbocycles. The van der Waals surface area contributed by atoms with E-state index in [9.17, 15) is 9.59 Å². The molecule has 1 aromatic heterocycles. The minimum atomic E-state index is -0.200. The highest BCUT2D eigenvalue weighted by Crippen LogP contribution is 2.23. The molecule has 102 valence electrons. The topological polar surface area (TPSA) is 97.1 Å². The van der Waals surface area contributed by atoms with Gasteiger partial charge in [-0.1, -0.05) is 11.2 Å². The lowest BCUT2D eigenvalue weighted by atomic mass is 10.1. The zero-order valence-corrected chi connectivity index (χ0v) is 10.5. The van der Waals surface area contributed by atoms with Crippen molar-refractivity contribution in [2.24, 2.45) is 0 Å². The van der Waals surface area contributed by atoms with Gasteiger partial charge in [0.05, 0.1) is 6.42 Å². The van der Waals surface area contributed by atoms with Gasteiger partial charge in [-0.05, 0) is 17.7 Å². The van der Waals surface area contributed by atoms with Crippen LogP contribution in [0.3, 0.4) is 0 Å². The summed E-state index contributed by atoms with van der Waals surface area (Å²) in [5.74, 6) is 0.230. The molecule has 0 spiro atoms. The second-order valence-electron chi connectivity index (χ2n) is 4.44. The van der Waals surface area contributed by atoms with Crippen LogP contribution in [0, 0.1) is 0 Å². The van der Waals surface area contributed by atoms with Gasteiger partial charge in [-0.25, -0.2) is 0 Å². The lowest BCUT2D eigenvalue weighted by Crippen LogP contribution is -2.25. The molecule has 1 aliphatic rings. The molecule has 0 unspecified atom stereocenters. The standard InChI is InChI=1S/C13H12N4O3/c18-11-6-8-1-2-9(5-10(8)17-11)13(19)14-4-3-12-15-7-16-20-12/h1-2,5,7H,3-4,6H2,(H,14,19)(H,17,18). The Bertz CT molecular complexity index is 652.